The van der Waals surface area contributed by atoms with Crippen LogP contribution in [0.2, 0.25) is 0 Å². The van der Waals surface area contributed by atoms with Gasteiger partial charge in [-0.25, -0.2) is 4.98 Å². The summed E-state index contributed by atoms with van der Waals surface area (Å²) in [5.41, 5.74) is 0.0544. The minimum atomic E-state index is -4.38. The van der Waals surface area contributed by atoms with Crippen LogP contribution in [0.3, 0.4) is 0 Å². The van der Waals surface area contributed by atoms with Gasteiger partial charge in [-0.1, -0.05) is 0 Å². The van der Waals surface area contributed by atoms with Gasteiger partial charge in [-0.05, 0) is 30.7 Å². The lowest BCUT2D eigenvalue weighted by atomic mass is 10.2. The Morgan fingerprint density at radius 1 is 1.10 bits per heavy atom. The van der Waals surface area contributed by atoms with Gasteiger partial charge in [0, 0.05) is 44.5 Å². The fourth-order valence-electron chi connectivity index (χ4n) is 2.73. The maximum atomic E-state index is 12.5. The molecule has 1 aromatic carbocycles. The number of halogens is 3. The Kier molecular flexibility index (Phi) is 7.21. The Morgan fingerprint density at radius 3 is 2.60 bits per heavy atom. The van der Waals surface area contributed by atoms with E-state index in [0.29, 0.717) is 50.3 Å². The first-order chi connectivity index (χ1) is 14.5. The molecule has 0 spiro atoms. The molecular formula is C20H24F3N5O2. The molecule has 3 rings (SSSR count). The summed E-state index contributed by atoms with van der Waals surface area (Å²) in [5.74, 6) is 2.42. The number of aromatic nitrogens is 1. The second-order valence-electron chi connectivity index (χ2n) is 6.55. The highest BCUT2D eigenvalue weighted by Gasteiger charge is 2.30. The Bertz CT molecular complexity index is 857. The third-order valence-corrected chi connectivity index (χ3v) is 4.28. The summed E-state index contributed by atoms with van der Waals surface area (Å²) in [4.78, 5) is 7.97. The van der Waals surface area contributed by atoms with Crippen molar-refractivity contribution in [3.05, 3.63) is 42.1 Å². The first kappa shape index (κ1) is 21.5. The normalized spacial score (nSPS) is 14.1. The molecule has 0 aliphatic carbocycles. The van der Waals surface area contributed by atoms with E-state index in [0.717, 1.165) is 30.1 Å². The van der Waals surface area contributed by atoms with Crippen LogP contribution in [0.15, 0.2) is 41.5 Å². The first-order valence-electron chi connectivity index (χ1n) is 9.60. The van der Waals surface area contributed by atoms with Crippen molar-refractivity contribution in [1.29, 1.82) is 0 Å². The van der Waals surface area contributed by atoms with Crippen molar-refractivity contribution >= 4 is 17.5 Å². The predicted molar refractivity (Wildman–Crippen MR) is 109 cm³/mol. The van der Waals surface area contributed by atoms with Crippen molar-refractivity contribution in [2.24, 2.45) is 4.99 Å². The number of nitrogens with zero attached hydrogens (tertiary/aromatic N) is 2. The first-order valence-corrected chi connectivity index (χ1v) is 9.60. The van der Waals surface area contributed by atoms with E-state index in [1.54, 1.807) is 7.05 Å². The lowest BCUT2D eigenvalue weighted by molar-refractivity contribution is -0.137. The van der Waals surface area contributed by atoms with Crippen molar-refractivity contribution in [1.82, 2.24) is 10.3 Å². The molecule has 0 saturated heterocycles. The molecule has 2 heterocycles. The number of hydrogen-bond acceptors (Lipinski definition) is 5. The molecule has 0 saturated carbocycles. The van der Waals surface area contributed by atoms with Crippen LogP contribution < -0.4 is 25.4 Å². The molecule has 1 aliphatic heterocycles. The number of nitrogens with one attached hydrogen (secondary N) is 3. The van der Waals surface area contributed by atoms with Gasteiger partial charge in [-0.15, -0.1) is 0 Å². The number of guanidine groups is 1. The van der Waals surface area contributed by atoms with Gasteiger partial charge >= 0.3 is 6.18 Å². The Labute approximate surface area is 172 Å². The van der Waals surface area contributed by atoms with Crippen LogP contribution >= 0.6 is 0 Å². The number of hydrogen-bond donors (Lipinski definition) is 3. The number of benzene rings is 1. The van der Waals surface area contributed by atoms with Gasteiger partial charge in [0.25, 0.3) is 0 Å². The van der Waals surface area contributed by atoms with Crippen molar-refractivity contribution in [2.45, 2.75) is 19.0 Å². The number of ether oxygens (including phenoxy) is 2. The zero-order valence-electron chi connectivity index (χ0n) is 16.6. The van der Waals surface area contributed by atoms with E-state index in [2.05, 4.69) is 25.9 Å². The number of anilines is 2. The van der Waals surface area contributed by atoms with Gasteiger partial charge in [0.2, 0.25) is 0 Å². The molecule has 2 aromatic rings. The lowest BCUT2D eigenvalue weighted by Gasteiger charge is -2.14. The van der Waals surface area contributed by atoms with Crippen LogP contribution in [0.4, 0.5) is 24.7 Å². The van der Waals surface area contributed by atoms with Gasteiger partial charge in [0.05, 0.1) is 18.8 Å². The van der Waals surface area contributed by atoms with Gasteiger partial charge in [-0.2, -0.15) is 13.2 Å². The van der Waals surface area contributed by atoms with Crippen molar-refractivity contribution < 1.29 is 22.6 Å². The second kappa shape index (κ2) is 10.0. The predicted octanol–water partition coefficient (Wildman–Crippen LogP) is 3.75. The molecule has 0 amide bonds. The summed E-state index contributed by atoms with van der Waals surface area (Å²) in [6.45, 7) is 2.41. The molecule has 0 bridgehead atoms. The number of rotatable bonds is 6. The maximum absolute atomic E-state index is 12.5. The molecule has 0 atom stereocenters. The van der Waals surface area contributed by atoms with Crippen molar-refractivity contribution in [2.75, 3.05) is 44.0 Å². The molecule has 7 nitrogen and oxygen atoms in total. The van der Waals surface area contributed by atoms with Gasteiger partial charge in [0.15, 0.2) is 17.5 Å². The van der Waals surface area contributed by atoms with E-state index in [9.17, 15) is 13.2 Å². The van der Waals surface area contributed by atoms with E-state index >= 15 is 0 Å². The number of pyridine rings is 1. The highest BCUT2D eigenvalue weighted by atomic mass is 19.4. The minimum absolute atomic E-state index is 0.401. The van der Waals surface area contributed by atoms with Crippen LogP contribution in [0.25, 0.3) is 0 Å². The van der Waals surface area contributed by atoms with E-state index in [-0.39, 0.29) is 0 Å². The van der Waals surface area contributed by atoms with Gasteiger partial charge < -0.3 is 25.4 Å². The van der Waals surface area contributed by atoms with E-state index in [1.165, 1.54) is 6.07 Å². The van der Waals surface area contributed by atoms with E-state index < -0.39 is 11.7 Å². The quantitative estimate of drug-likeness (QED) is 0.373. The lowest BCUT2D eigenvalue weighted by Crippen LogP contribution is -2.32. The van der Waals surface area contributed by atoms with Crippen LogP contribution in [0.1, 0.15) is 18.4 Å². The Balaban J connectivity index is 1.41. The molecule has 0 unspecified atom stereocenters. The Morgan fingerprint density at radius 2 is 1.90 bits per heavy atom. The van der Waals surface area contributed by atoms with Gasteiger partial charge in [-0.3, -0.25) is 4.99 Å². The largest absolute Gasteiger partial charge is 0.490 e. The molecule has 0 fully saturated rings. The van der Waals surface area contributed by atoms with Crippen molar-refractivity contribution in [3.63, 3.8) is 0 Å². The SMILES string of the molecule is CN=C(NCCCNc1ccc(C(F)(F)F)cn1)Nc1ccc2c(c1)OCCCO2. The van der Waals surface area contributed by atoms with Crippen LogP contribution in [0.5, 0.6) is 11.5 Å². The van der Waals surface area contributed by atoms with Crippen molar-refractivity contribution in [3.8, 4) is 11.5 Å². The van der Waals surface area contributed by atoms with Crippen LogP contribution in [-0.2, 0) is 6.18 Å². The fourth-order valence-corrected chi connectivity index (χ4v) is 2.73. The Hall–Kier alpha value is -3.17. The molecule has 1 aromatic heterocycles. The van der Waals surface area contributed by atoms with Crippen LogP contribution in [-0.4, -0.2) is 44.3 Å². The zero-order chi connectivity index (χ0) is 21.4. The number of aliphatic imine (C=N–C) groups is 1. The summed E-state index contributed by atoms with van der Waals surface area (Å²) in [6.07, 6.45) is -2.00. The minimum Gasteiger partial charge on any atom is -0.490 e. The van der Waals surface area contributed by atoms with E-state index in [1.807, 2.05) is 18.2 Å². The monoisotopic (exact) mass is 423 g/mol. The third-order valence-electron chi connectivity index (χ3n) is 4.28. The average molecular weight is 423 g/mol. The van der Waals surface area contributed by atoms with Gasteiger partial charge in [0.1, 0.15) is 5.82 Å². The summed E-state index contributed by atoms with van der Waals surface area (Å²) in [5, 5.41) is 9.37. The third kappa shape index (κ3) is 6.16. The topological polar surface area (TPSA) is 79.8 Å². The summed E-state index contributed by atoms with van der Waals surface area (Å²) >= 11 is 0. The molecular weight excluding hydrogens is 399 g/mol. The summed E-state index contributed by atoms with van der Waals surface area (Å²) in [6, 6.07) is 7.94. The average Bonchev–Trinajstić information content (AvgIpc) is 2.97. The summed E-state index contributed by atoms with van der Waals surface area (Å²) in [7, 11) is 1.67. The zero-order valence-corrected chi connectivity index (χ0v) is 16.6. The molecule has 10 heteroatoms. The van der Waals surface area contributed by atoms with E-state index in [4.69, 9.17) is 9.47 Å². The number of alkyl halides is 3. The molecule has 1 aliphatic rings. The molecule has 3 N–H and O–H groups in total. The highest BCUT2D eigenvalue weighted by Crippen LogP contribution is 2.32. The highest BCUT2D eigenvalue weighted by molar-refractivity contribution is 5.93. The smallest absolute Gasteiger partial charge is 0.417 e. The maximum Gasteiger partial charge on any atom is 0.417 e. The molecule has 162 valence electrons. The van der Waals surface area contributed by atoms with Crippen LogP contribution in [0, 0.1) is 0 Å². The molecule has 30 heavy (non-hydrogen) atoms. The summed E-state index contributed by atoms with van der Waals surface area (Å²) < 4.78 is 48.9. The second-order valence-corrected chi connectivity index (χ2v) is 6.55. The molecule has 0 radical (unpaired) electrons. The fraction of sp³-hybridized carbons (Fsp3) is 0.400. The number of fused-ring (bicyclic) bond motifs is 1. The standard InChI is InChI=1S/C20H24F3N5O2/c1-24-19(28-15-5-6-16-17(12-15)30-11-3-10-29-16)26-9-2-8-25-18-7-4-14(13-27-18)20(21,22)23/h4-7,12-13H,2-3,8-11H2,1H3,(H,25,27)(H2,24,26,28).